The van der Waals surface area contributed by atoms with Crippen molar-refractivity contribution >= 4 is 29.2 Å². The van der Waals surface area contributed by atoms with Crippen molar-refractivity contribution in [2.45, 2.75) is 50.6 Å². The molecule has 4 aliphatic heterocycles. The Bertz CT molecular complexity index is 1120. The summed E-state index contributed by atoms with van der Waals surface area (Å²) in [7, 11) is 0. The second-order valence-electron chi connectivity index (χ2n) is 10.6. The van der Waals surface area contributed by atoms with Crippen LogP contribution in [0.5, 0.6) is 0 Å². The number of nitrogens with zero attached hydrogens (tertiary/aromatic N) is 5. The maximum atomic E-state index is 14.2. The highest BCUT2D eigenvalue weighted by Crippen LogP contribution is 2.36. The van der Waals surface area contributed by atoms with Crippen molar-refractivity contribution in [2.24, 2.45) is 0 Å². The van der Waals surface area contributed by atoms with Gasteiger partial charge in [-0.2, -0.15) is 9.97 Å². The van der Waals surface area contributed by atoms with Crippen molar-refractivity contribution in [2.75, 3.05) is 67.1 Å². The molecule has 0 bridgehead atoms. The number of hydrogen-bond acceptors (Lipinski definition) is 9. The highest BCUT2D eigenvalue weighted by atomic mass is 16.1. The molecular formula is C28H37N7O2. The lowest BCUT2D eigenvalue weighted by Crippen LogP contribution is -2.59. The zero-order valence-corrected chi connectivity index (χ0v) is 21.5. The molecule has 9 heteroatoms. The summed E-state index contributed by atoms with van der Waals surface area (Å²) in [6, 6.07) is 8.91. The predicted octanol–water partition coefficient (Wildman–Crippen LogP) is 2.01. The first-order valence-electron chi connectivity index (χ1n) is 14.0. The predicted molar refractivity (Wildman–Crippen MR) is 145 cm³/mol. The molecular weight excluding hydrogens is 466 g/mol. The quantitative estimate of drug-likeness (QED) is 0.550. The molecule has 1 aromatic heterocycles. The van der Waals surface area contributed by atoms with E-state index in [0.29, 0.717) is 36.0 Å². The smallest absolute Gasteiger partial charge is 0.229 e. The number of piperazine rings is 1. The fourth-order valence-corrected chi connectivity index (χ4v) is 6.16. The summed E-state index contributed by atoms with van der Waals surface area (Å²) in [6.07, 6.45) is 6.27. The van der Waals surface area contributed by atoms with Gasteiger partial charge in [0, 0.05) is 51.4 Å². The third-order valence-electron chi connectivity index (χ3n) is 8.16. The van der Waals surface area contributed by atoms with E-state index in [1.54, 1.807) is 0 Å². The highest BCUT2D eigenvalue weighted by molar-refractivity contribution is 6.15. The number of nitrogens with one attached hydrogen (secondary N) is 2. The Kier molecular flexibility index (Phi) is 7.06. The molecule has 6 rings (SSSR count). The van der Waals surface area contributed by atoms with Gasteiger partial charge in [0.25, 0.3) is 0 Å². The molecule has 2 N–H and O–H groups in total. The van der Waals surface area contributed by atoms with Crippen LogP contribution in [0, 0.1) is 0 Å². The number of aromatic nitrogens is 2. The van der Waals surface area contributed by atoms with Crippen molar-refractivity contribution in [3.8, 4) is 0 Å². The van der Waals surface area contributed by atoms with Gasteiger partial charge in [0.2, 0.25) is 11.7 Å². The first-order valence-corrected chi connectivity index (χ1v) is 14.0. The van der Waals surface area contributed by atoms with Crippen LogP contribution < -0.4 is 25.3 Å². The molecule has 2 aromatic rings. The lowest BCUT2D eigenvalue weighted by molar-refractivity contribution is -0.122. The minimum Gasteiger partial charge on any atom is -0.356 e. The molecule has 2 atom stereocenters. The number of carbonyl (C=O) groups excluding carboxylic acids is 2. The van der Waals surface area contributed by atoms with E-state index in [9.17, 15) is 9.59 Å². The third-order valence-corrected chi connectivity index (χ3v) is 8.16. The summed E-state index contributed by atoms with van der Waals surface area (Å²) < 4.78 is 0. The van der Waals surface area contributed by atoms with Crippen molar-refractivity contribution in [3.63, 3.8) is 0 Å². The molecule has 196 valence electrons. The van der Waals surface area contributed by atoms with Crippen LogP contribution in [0.15, 0.2) is 30.3 Å². The Morgan fingerprint density at radius 2 is 1.51 bits per heavy atom. The summed E-state index contributed by atoms with van der Waals surface area (Å²) in [5.74, 6) is 2.14. The Labute approximate surface area is 218 Å². The number of carbonyl (C=O) groups is 2. The van der Waals surface area contributed by atoms with E-state index in [1.165, 1.54) is 0 Å². The van der Waals surface area contributed by atoms with Crippen molar-refractivity contribution < 1.29 is 9.59 Å². The molecule has 4 fully saturated rings. The van der Waals surface area contributed by atoms with Crippen molar-refractivity contribution in [1.29, 1.82) is 0 Å². The topological polar surface area (TPSA) is 93.7 Å². The van der Waals surface area contributed by atoms with Crippen LogP contribution in [0.3, 0.4) is 0 Å². The zero-order chi connectivity index (χ0) is 25.2. The van der Waals surface area contributed by atoms with Crippen LogP contribution in [-0.2, 0) is 4.79 Å². The van der Waals surface area contributed by atoms with Gasteiger partial charge in [-0.25, -0.2) is 0 Å². The van der Waals surface area contributed by atoms with Gasteiger partial charge in [-0.3, -0.25) is 9.59 Å². The third kappa shape index (κ3) is 4.82. The molecule has 0 aliphatic carbocycles. The summed E-state index contributed by atoms with van der Waals surface area (Å²) in [4.78, 5) is 44.7. The first kappa shape index (κ1) is 24.3. The molecule has 9 nitrogen and oxygen atoms in total. The summed E-state index contributed by atoms with van der Waals surface area (Å²) in [5, 5.41) is 6.80. The lowest BCUT2D eigenvalue weighted by atomic mass is 9.98. The number of rotatable bonds is 7. The number of ketones is 2. The second kappa shape index (κ2) is 10.8. The monoisotopic (exact) mass is 503 g/mol. The van der Waals surface area contributed by atoms with E-state index in [-0.39, 0.29) is 23.7 Å². The molecule has 37 heavy (non-hydrogen) atoms. The van der Waals surface area contributed by atoms with Gasteiger partial charge in [0.15, 0.2) is 5.78 Å². The van der Waals surface area contributed by atoms with Crippen LogP contribution in [-0.4, -0.2) is 86.0 Å². The van der Waals surface area contributed by atoms with Crippen LogP contribution in [0.2, 0.25) is 0 Å². The van der Waals surface area contributed by atoms with E-state index in [2.05, 4.69) is 25.3 Å². The molecule has 0 radical (unpaired) electrons. The van der Waals surface area contributed by atoms with Crippen LogP contribution in [0.25, 0.3) is 0 Å². The number of anilines is 3. The maximum Gasteiger partial charge on any atom is 0.229 e. The molecule has 0 amide bonds. The molecule has 0 saturated carbocycles. The fraction of sp³-hybridized carbons (Fsp3) is 0.571. The number of Topliss-reactive ketones (excluding diaryl/α,β-unsaturated/α-hetero) is 1. The average Bonchev–Trinajstić information content (AvgIpc) is 3.76. The Morgan fingerprint density at radius 3 is 2.22 bits per heavy atom. The highest BCUT2D eigenvalue weighted by Gasteiger charge is 2.39. The van der Waals surface area contributed by atoms with Crippen molar-refractivity contribution in [1.82, 2.24) is 20.6 Å². The number of hydrogen-bond donors (Lipinski definition) is 2. The molecule has 4 saturated heterocycles. The van der Waals surface area contributed by atoms with E-state index < -0.39 is 0 Å². The molecule has 5 heterocycles. The zero-order valence-electron chi connectivity index (χ0n) is 21.5. The fourth-order valence-electron chi connectivity index (χ4n) is 6.16. The lowest BCUT2D eigenvalue weighted by Gasteiger charge is -2.39. The second-order valence-corrected chi connectivity index (χ2v) is 10.6. The molecule has 1 aromatic carbocycles. The van der Waals surface area contributed by atoms with Gasteiger partial charge in [-0.15, -0.1) is 0 Å². The standard InChI is InChI=1S/C28H37N7O2/c36-24(20-9-2-1-3-10-20)23-26(33-14-4-5-15-33)31-28(34-16-6-7-17-34)32-27(23)35-18-13-29-19-22(35)25(37)21-11-8-12-30-21/h1-3,9-10,21-22,29-30H,4-8,11-19H2. The van der Waals surface area contributed by atoms with Crippen molar-refractivity contribution in [3.05, 3.63) is 41.5 Å². The number of benzene rings is 1. The molecule has 2 unspecified atom stereocenters. The Morgan fingerprint density at radius 1 is 0.811 bits per heavy atom. The summed E-state index contributed by atoms with van der Waals surface area (Å²) >= 11 is 0. The van der Waals surface area contributed by atoms with Gasteiger partial charge < -0.3 is 25.3 Å². The first-order chi connectivity index (χ1) is 18.2. The van der Waals surface area contributed by atoms with Crippen LogP contribution >= 0.6 is 0 Å². The minimum absolute atomic E-state index is 0.0748. The summed E-state index contributed by atoms with van der Waals surface area (Å²) in [6.45, 7) is 6.37. The van der Waals surface area contributed by atoms with Gasteiger partial charge in [0.05, 0.1) is 6.04 Å². The van der Waals surface area contributed by atoms with E-state index >= 15 is 0 Å². The van der Waals surface area contributed by atoms with E-state index in [0.717, 1.165) is 83.6 Å². The molecule has 0 spiro atoms. The molecule has 4 aliphatic rings. The maximum absolute atomic E-state index is 14.2. The SMILES string of the molecule is O=C(c1ccccc1)c1c(N2CCCC2)nc(N2CCCC2)nc1N1CCNCC1C(=O)C1CCCN1. The Hall–Kier alpha value is -3.04. The van der Waals surface area contributed by atoms with Gasteiger partial charge in [-0.1, -0.05) is 30.3 Å². The summed E-state index contributed by atoms with van der Waals surface area (Å²) in [5.41, 5.74) is 1.16. The van der Waals surface area contributed by atoms with E-state index in [1.807, 2.05) is 30.3 Å². The Balaban J connectivity index is 1.50. The van der Waals surface area contributed by atoms with Crippen LogP contribution in [0.1, 0.15) is 54.4 Å². The van der Waals surface area contributed by atoms with Crippen LogP contribution in [0.4, 0.5) is 17.6 Å². The minimum atomic E-state index is -0.376. The largest absolute Gasteiger partial charge is 0.356 e. The average molecular weight is 504 g/mol. The van der Waals surface area contributed by atoms with Gasteiger partial charge in [-0.05, 0) is 45.1 Å². The normalized spacial score (nSPS) is 24.2. The van der Waals surface area contributed by atoms with Gasteiger partial charge >= 0.3 is 0 Å². The van der Waals surface area contributed by atoms with E-state index in [4.69, 9.17) is 9.97 Å². The van der Waals surface area contributed by atoms with Gasteiger partial charge in [0.1, 0.15) is 23.2 Å².